The van der Waals surface area contributed by atoms with Crippen LogP contribution in [0.3, 0.4) is 0 Å². The SMILES string of the molecule is C.COC(=O)Cc1c(F)cc2ncc(Br)cc2c1F.COC(=O)Cc1c(F)cc2ncc(C3CCCCC3)cc2c1F.[Br-].[CH-]1CCCCC1.[Cl][Zn][Cl].[Mg+2]. The zero-order valence-corrected chi connectivity index (χ0v) is 38.1. The smallest absolute Gasteiger partial charge is 2.00 e. The van der Waals surface area contributed by atoms with Crippen LogP contribution in [0.4, 0.5) is 17.6 Å². The Hall–Kier alpha value is -1.15. The molecule has 2 aliphatic carbocycles. The van der Waals surface area contributed by atoms with Gasteiger partial charge in [0, 0.05) is 50.9 Å². The van der Waals surface area contributed by atoms with E-state index in [1.54, 1.807) is 12.3 Å². The van der Waals surface area contributed by atoms with Gasteiger partial charge in [0.2, 0.25) is 0 Å². The standard InChI is InChI=1S/C18H19F2NO2.C12H8BrF2NO2.C6H11.CH4.BrH.2ClH.Mg.Zn/c1-23-17(22)8-13-15(19)9-16-14(18(13)20)7-12(10-21-16)11-5-3-2-4-6-11;1-18-11(17)3-7-9(14)4-10-8(12(7)15)2-6(13)5-16-10;1-2-4-6-5-3-1;;;;;;/h7,9-11H,2-6,8H2,1H3;2,4-5H,3H2,1H3;1H,2-6H2;1H4;3*1H;;/q;;-1;;;;;2*+2/p-3. The minimum absolute atomic E-state index is 0. The maximum absolute atomic E-state index is 14.7. The molecule has 0 bridgehead atoms. The number of nitrogens with zero attached hydrogens (tertiary/aromatic N) is 2. The fourth-order valence-corrected chi connectivity index (χ4v) is 6.12. The molecule has 2 fully saturated rings. The van der Waals surface area contributed by atoms with Crippen molar-refractivity contribution in [3.63, 3.8) is 0 Å². The Morgan fingerprint density at radius 3 is 1.64 bits per heavy atom. The Kier molecular flexibility index (Phi) is 26.9. The van der Waals surface area contributed by atoms with E-state index in [0.717, 1.165) is 31.6 Å². The van der Waals surface area contributed by atoms with Gasteiger partial charge >= 0.3 is 69.5 Å². The van der Waals surface area contributed by atoms with Gasteiger partial charge in [0.15, 0.2) is 0 Å². The number of halogens is 8. The number of rotatable bonds is 5. The summed E-state index contributed by atoms with van der Waals surface area (Å²) in [7, 11) is 12.3. The fourth-order valence-electron chi connectivity index (χ4n) is 5.79. The Morgan fingerprint density at radius 1 is 0.792 bits per heavy atom. The monoisotopic (exact) mass is 970 g/mol. The van der Waals surface area contributed by atoms with Crippen molar-refractivity contribution in [2.45, 2.75) is 90.4 Å². The number of esters is 2. The third-order valence-corrected chi connectivity index (χ3v) is 8.86. The summed E-state index contributed by atoms with van der Waals surface area (Å²) in [5, 5.41) is 0.429. The fraction of sp³-hybridized carbons (Fsp3) is 0.432. The maximum Gasteiger partial charge on any atom is 2.00 e. The zero-order valence-electron chi connectivity index (χ0n) is 29.1. The predicted octanol–water partition coefficient (Wildman–Crippen LogP) is 8.06. The molecule has 6 nitrogen and oxygen atoms in total. The minimum atomic E-state index is -0.931. The molecule has 0 aliphatic heterocycles. The van der Waals surface area contributed by atoms with Crippen LogP contribution in [0.15, 0.2) is 41.1 Å². The first-order valence-electron chi connectivity index (χ1n) is 16.3. The number of hydrogen-bond donors (Lipinski definition) is 0. The Morgan fingerprint density at radius 2 is 1.23 bits per heavy atom. The molecule has 0 atom stereocenters. The number of hydrogen-bond acceptors (Lipinski definition) is 6. The van der Waals surface area contributed by atoms with Crippen LogP contribution in [0, 0.1) is 29.7 Å². The predicted molar refractivity (Wildman–Crippen MR) is 200 cm³/mol. The van der Waals surface area contributed by atoms with Gasteiger partial charge in [-0.25, -0.2) is 17.6 Å². The van der Waals surface area contributed by atoms with Crippen LogP contribution in [0.1, 0.15) is 94.2 Å². The maximum atomic E-state index is 14.7. The van der Waals surface area contributed by atoms with E-state index < -0.39 is 63.2 Å². The van der Waals surface area contributed by atoms with E-state index in [9.17, 15) is 27.2 Å². The van der Waals surface area contributed by atoms with Gasteiger partial charge in [-0.3, -0.25) is 19.6 Å². The first kappa shape index (κ1) is 51.8. The normalized spacial score (nSPS) is 13.4. The molecule has 0 amide bonds. The number of pyridine rings is 2. The molecule has 284 valence electrons. The Labute approximate surface area is 360 Å². The third kappa shape index (κ3) is 16.1. The largest absolute Gasteiger partial charge is 2.00 e. The molecule has 0 saturated heterocycles. The number of benzene rings is 2. The summed E-state index contributed by atoms with van der Waals surface area (Å²) in [4.78, 5) is 30.6. The third-order valence-electron chi connectivity index (χ3n) is 8.42. The van der Waals surface area contributed by atoms with Crippen molar-refractivity contribution >= 4 is 92.1 Å². The van der Waals surface area contributed by atoms with Crippen LogP contribution in [0.25, 0.3) is 21.8 Å². The molecule has 2 aromatic carbocycles. The number of ether oxygens (including phenoxy) is 2. The first-order valence-corrected chi connectivity index (χ1v) is 24.9. The second-order valence-corrected chi connectivity index (χ2v) is 17.3. The molecular weight excluding hydrogens is 933 g/mol. The second kappa shape index (κ2) is 27.4. The van der Waals surface area contributed by atoms with Crippen LogP contribution in [0.5, 0.6) is 0 Å². The molecule has 0 radical (unpaired) electrons. The molecule has 2 aromatic heterocycles. The molecule has 0 unspecified atom stereocenters. The molecule has 6 rings (SSSR count). The summed E-state index contributed by atoms with van der Waals surface area (Å²) in [5.74, 6) is -4.05. The second-order valence-electron chi connectivity index (χ2n) is 11.7. The summed E-state index contributed by atoms with van der Waals surface area (Å²) in [6.45, 7) is 0. The van der Waals surface area contributed by atoms with Gasteiger partial charge < -0.3 is 32.9 Å². The molecule has 0 spiro atoms. The summed E-state index contributed by atoms with van der Waals surface area (Å²) in [5.41, 5.74) is 0.892. The van der Waals surface area contributed by atoms with Crippen molar-refractivity contribution in [1.29, 1.82) is 0 Å². The van der Waals surface area contributed by atoms with E-state index in [-0.39, 0.29) is 80.4 Å². The van der Waals surface area contributed by atoms with Crippen LogP contribution < -0.4 is 17.0 Å². The van der Waals surface area contributed by atoms with Crippen LogP contribution in [-0.4, -0.2) is 59.2 Å². The number of methoxy groups -OCH3 is 2. The Balaban J connectivity index is 0.000000803. The summed E-state index contributed by atoms with van der Waals surface area (Å²) in [6, 6.07) is 5.52. The Bertz CT molecular complexity index is 1750. The summed E-state index contributed by atoms with van der Waals surface area (Å²) in [6.07, 6.45) is 17.5. The molecule has 4 aromatic rings. The van der Waals surface area contributed by atoms with E-state index in [1.807, 2.05) is 0 Å². The average molecular weight is 975 g/mol. The molecular formula is C37H42Br2Cl2F4MgN2O4Zn. The van der Waals surface area contributed by atoms with E-state index in [4.69, 9.17) is 19.4 Å². The number of carbonyl (C=O) groups excluding carboxylic acids is 2. The number of fused-ring (bicyclic) bond motifs is 2. The zero-order chi connectivity index (χ0) is 36.6. The number of aromatic nitrogens is 2. The van der Waals surface area contributed by atoms with E-state index >= 15 is 0 Å². The van der Waals surface area contributed by atoms with E-state index in [0.29, 0.717) is 10.4 Å². The van der Waals surface area contributed by atoms with Crippen molar-refractivity contribution in [1.82, 2.24) is 9.97 Å². The van der Waals surface area contributed by atoms with Gasteiger partial charge in [0.1, 0.15) is 23.3 Å². The van der Waals surface area contributed by atoms with Crippen molar-refractivity contribution in [2.75, 3.05) is 14.2 Å². The summed E-state index contributed by atoms with van der Waals surface area (Å²) < 4.78 is 66.0. The van der Waals surface area contributed by atoms with Gasteiger partial charge in [-0.1, -0.05) is 46.0 Å². The van der Waals surface area contributed by atoms with Crippen LogP contribution in [-0.2, 0) is 47.0 Å². The number of carbonyl (C=O) groups is 2. The average Bonchev–Trinajstić information content (AvgIpc) is 3.14. The molecule has 2 aliphatic rings. The summed E-state index contributed by atoms with van der Waals surface area (Å²) >= 11 is 2.23. The first-order chi connectivity index (χ1) is 24.0. The van der Waals surface area contributed by atoms with Gasteiger partial charge in [-0.15, -0.1) is 0 Å². The molecule has 16 heteroatoms. The van der Waals surface area contributed by atoms with E-state index in [2.05, 4.69) is 41.8 Å². The van der Waals surface area contributed by atoms with Crippen LogP contribution in [0.2, 0.25) is 0 Å². The minimum Gasteiger partial charge on any atom is 2.00 e. The van der Waals surface area contributed by atoms with Crippen molar-refractivity contribution in [3.8, 4) is 0 Å². The van der Waals surface area contributed by atoms with Crippen molar-refractivity contribution in [3.05, 3.63) is 87.5 Å². The molecule has 2 heterocycles. The topological polar surface area (TPSA) is 78.4 Å². The van der Waals surface area contributed by atoms with Crippen molar-refractivity contribution in [2.24, 2.45) is 0 Å². The molecule has 2 saturated carbocycles. The van der Waals surface area contributed by atoms with Gasteiger partial charge in [-0.05, 0) is 52.4 Å². The van der Waals surface area contributed by atoms with Crippen molar-refractivity contribution < 1.29 is 68.8 Å². The van der Waals surface area contributed by atoms with Gasteiger partial charge in [-0.2, -0.15) is 12.8 Å². The molecule has 0 N–H and O–H groups in total. The quantitative estimate of drug-likeness (QED) is 0.0873. The molecule has 53 heavy (non-hydrogen) atoms. The van der Waals surface area contributed by atoms with Gasteiger partial charge in [0.05, 0.1) is 38.1 Å². The van der Waals surface area contributed by atoms with Gasteiger partial charge in [0.25, 0.3) is 0 Å². The van der Waals surface area contributed by atoms with Crippen LogP contribution >= 0.6 is 35.3 Å². The van der Waals surface area contributed by atoms with E-state index in [1.165, 1.54) is 76.8 Å².